The number of rotatable bonds is 7. The summed E-state index contributed by atoms with van der Waals surface area (Å²) in [6.07, 6.45) is -2.84. The van der Waals surface area contributed by atoms with Crippen LogP contribution in [0.5, 0.6) is 0 Å². The van der Waals surface area contributed by atoms with Gasteiger partial charge in [0.2, 0.25) is 5.91 Å². The van der Waals surface area contributed by atoms with Crippen LogP contribution in [0.1, 0.15) is 46.5 Å². The zero-order valence-corrected chi connectivity index (χ0v) is 15.0. The highest BCUT2D eigenvalue weighted by Gasteiger charge is 2.49. The predicted molar refractivity (Wildman–Crippen MR) is 86.1 cm³/mol. The van der Waals surface area contributed by atoms with Gasteiger partial charge in [0, 0.05) is 6.54 Å². The number of hydrogen-bond acceptors (Lipinski definition) is 4. The SMILES string of the molecule is CC(C)(C)OC(=O)C1(C(=O)NCCC(CC(=O)O)C(F)(F)F)CC=CC1. The van der Waals surface area contributed by atoms with E-state index in [4.69, 9.17) is 9.84 Å². The molecule has 1 aliphatic carbocycles. The maximum atomic E-state index is 12.8. The Bertz CT molecular complexity index is 570. The highest BCUT2D eigenvalue weighted by molar-refractivity contribution is 6.03. The normalized spacial score (nSPS) is 17.6. The summed E-state index contributed by atoms with van der Waals surface area (Å²) in [5.41, 5.74) is -2.30. The Morgan fingerprint density at radius 1 is 1.19 bits per heavy atom. The number of allylic oxidation sites excluding steroid dienone is 2. The maximum absolute atomic E-state index is 12.8. The van der Waals surface area contributed by atoms with Gasteiger partial charge in [0.25, 0.3) is 0 Å². The van der Waals surface area contributed by atoms with E-state index in [1.807, 2.05) is 0 Å². The van der Waals surface area contributed by atoms with Crippen LogP contribution < -0.4 is 5.32 Å². The first-order chi connectivity index (χ1) is 11.8. The molecule has 0 saturated heterocycles. The number of carboxylic acid groups (broad SMARTS) is 1. The lowest BCUT2D eigenvalue weighted by Gasteiger charge is -2.30. The molecule has 0 spiro atoms. The highest BCUT2D eigenvalue weighted by Crippen LogP contribution is 2.37. The minimum Gasteiger partial charge on any atom is -0.481 e. The molecule has 0 aromatic rings. The van der Waals surface area contributed by atoms with E-state index in [9.17, 15) is 27.6 Å². The van der Waals surface area contributed by atoms with Gasteiger partial charge in [0.15, 0.2) is 5.41 Å². The number of hydrogen-bond donors (Lipinski definition) is 2. The number of esters is 1. The first kappa shape index (κ1) is 22.0. The molecule has 1 unspecified atom stereocenters. The smallest absolute Gasteiger partial charge is 0.392 e. The van der Waals surface area contributed by atoms with Gasteiger partial charge in [-0.05, 0) is 40.0 Å². The first-order valence-corrected chi connectivity index (χ1v) is 8.23. The van der Waals surface area contributed by atoms with Crippen molar-refractivity contribution in [3.05, 3.63) is 12.2 Å². The van der Waals surface area contributed by atoms with Crippen molar-refractivity contribution in [1.29, 1.82) is 0 Å². The molecule has 0 saturated carbocycles. The predicted octanol–water partition coefficient (Wildman–Crippen LogP) is 2.82. The summed E-state index contributed by atoms with van der Waals surface area (Å²) >= 11 is 0. The lowest BCUT2D eigenvalue weighted by Crippen LogP contribution is -2.48. The summed E-state index contributed by atoms with van der Waals surface area (Å²) in [4.78, 5) is 35.5. The quantitative estimate of drug-likeness (QED) is 0.403. The van der Waals surface area contributed by atoms with Crippen molar-refractivity contribution in [3.8, 4) is 0 Å². The maximum Gasteiger partial charge on any atom is 0.392 e. The lowest BCUT2D eigenvalue weighted by molar-refractivity contribution is -0.184. The summed E-state index contributed by atoms with van der Waals surface area (Å²) in [5, 5.41) is 10.9. The summed E-state index contributed by atoms with van der Waals surface area (Å²) in [5.74, 6) is -5.08. The molecule has 148 valence electrons. The Morgan fingerprint density at radius 3 is 2.15 bits per heavy atom. The van der Waals surface area contributed by atoms with Gasteiger partial charge in [0.05, 0.1) is 12.3 Å². The average molecular weight is 379 g/mol. The molecule has 0 bridgehead atoms. The van der Waals surface area contributed by atoms with Crippen LogP contribution in [-0.4, -0.2) is 41.3 Å². The molecule has 6 nitrogen and oxygen atoms in total. The van der Waals surface area contributed by atoms with E-state index in [1.54, 1.807) is 32.9 Å². The summed E-state index contributed by atoms with van der Waals surface area (Å²) in [7, 11) is 0. The van der Waals surface area contributed by atoms with Gasteiger partial charge in [-0.1, -0.05) is 12.2 Å². The second-order valence-electron chi connectivity index (χ2n) is 7.34. The summed E-state index contributed by atoms with van der Waals surface area (Å²) < 4.78 is 43.8. The zero-order chi connectivity index (χ0) is 20.2. The summed E-state index contributed by atoms with van der Waals surface area (Å²) in [6.45, 7) is 4.57. The second kappa shape index (κ2) is 8.09. The zero-order valence-electron chi connectivity index (χ0n) is 15.0. The molecule has 9 heteroatoms. The molecule has 1 rings (SSSR count). The molecule has 0 aromatic carbocycles. The number of alkyl halides is 3. The van der Waals surface area contributed by atoms with E-state index in [2.05, 4.69) is 5.32 Å². The van der Waals surface area contributed by atoms with Gasteiger partial charge in [-0.15, -0.1) is 0 Å². The number of carboxylic acids is 1. The highest BCUT2D eigenvalue weighted by atomic mass is 19.4. The minimum atomic E-state index is -4.68. The number of halogens is 3. The van der Waals surface area contributed by atoms with Crippen LogP contribution in [0.2, 0.25) is 0 Å². The van der Waals surface area contributed by atoms with Crippen LogP contribution in [0.3, 0.4) is 0 Å². The van der Waals surface area contributed by atoms with Crippen LogP contribution in [0.25, 0.3) is 0 Å². The van der Waals surface area contributed by atoms with E-state index in [-0.39, 0.29) is 19.4 Å². The largest absolute Gasteiger partial charge is 0.481 e. The van der Waals surface area contributed by atoms with Crippen molar-refractivity contribution >= 4 is 17.8 Å². The van der Waals surface area contributed by atoms with Crippen LogP contribution in [0.15, 0.2) is 12.2 Å². The van der Waals surface area contributed by atoms with Crippen molar-refractivity contribution in [3.63, 3.8) is 0 Å². The number of aliphatic carboxylic acids is 1. The third-order valence-corrected chi connectivity index (χ3v) is 3.99. The molecule has 0 aliphatic heterocycles. The van der Waals surface area contributed by atoms with Gasteiger partial charge in [-0.2, -0.15) is 13.2 Å². The fourth-order valence-electron chi connectivity index (χ4n) is 2.59. The average Bonchev–Trinajstić information content (AvgIpc) is 2.93. The number of nitrogens with one attached hydrogen (secondary N) is 1. The molecule has 0 fully saturated rings. The van der Waals surface area contributed by atoms with Crippen molar-refractivity contribution < 1.29 is 37.4 Å². The van der Waals surface area contributed by atoms with Crippen molar-refractivity contribution in [2.45, 2.75) is 58.2 Å². The topological polar surface area (TPSA) is 92.7 Å². The van der Waals surface area contributed by atoms with Crippen molar-refractivity contribution in [2.75, 3.05) is 6.54 Å². The van der Waals surface area contributed by atoms with Crippen molar-refractivity contribution in [1.82, 2.24) is 5.32 Å². The lowest BCUT2D eigenvalue weighted by atomic mass is 9.84. The second-order valence-corrected chi connectivity index (χ2v) is 7.34. The molecule has 0 heterocycles. The Labute approximate surface area is 149 Å². The monoisotopic (exact) mass is 379 g/mol. The Morgan fingerprint density at radius 2 is 1.73 bits per heavy atom. The third-order valence-electron chi connectivity index (χ3n) is 3.99. The number of carbonyl (C=O) groups excluding carboxylic acids is 2. The Hall–Kier alpha value is -2.06. The van der Waals surface area contributed by atoms with E-state index in [1.165, 1.54) is 0 Å². The molecule has 1 aliphatic rings. The Kier molecular flexibility index (Phi) is 6.84. The molecular weight excluding hydrogens is 355 g/mol. The number of ether oxygens (including phenoxy) is 1. The number of carbonyl (C=O) groups is 3. The van der Waals surface area contributed by atoms with Crippen molar-refractivity contribution in [2.24, 2.45) is 11.3 Å². The van der Waals surface area contributed by atoms with E-state index in [0.29, 0.717) is 0 Å². The molecule has 2 N–H and O–H groups in total. The van der Waals surface area contributed by atoms with Crippen LogP contribution >= 0.6 is 0 Å². The molecule has 0 aromatic heterocycles. The van der Waals surface area contributed by atoms with E-state index < -0.39 is 53.8 Å². The molecule has 0 radical (unpaired) electrons. The van der Waals surface area contributed by atoms with Crippen LogP contribution in [0, 0.1) is 11.3 Å². The first-order valence-electron chi connectivity index (χ1n) is 8.23. The van der Waals surface area contributed by atoms with Crippen LogP contribution in [0.4, 0.5) is 13.2 Å². The number of amides is 1. The fourth-order valence-corrected chi connectivity index (χ4v) is 2.59. The van der Waals surface area contributed by atoms with Gasteiger partial charge in [-0.25, -0.2) is 0 Å². The third kappa shape index (κ3) is 6.03. The van der Waals surface area contributed by atoms with Gasteiger partial charge < -0.3 is 15.2 Å². The van der Waals surface area contributed by atoms with Crippen LogP contribution in [-0.2, 0) is 19.1 Å². The van der Waals surface area contributed by atoms with Gasteiger partial charge >= 0.3 is 18.1 Å². The molecule has 1 amide bonds. The van der Waals surface area contributed by atoms with E-state index >= 15 is 0 Å². The Balaban J connectivity index is 2.74. The molecular formula is C17H24F3NO5. The van der Waals surface area contributed by atoms with E-state index in [0.717, 1.165) is 0 Å². The standard InChI is InChI=1S/C17H24F3NO5/c1-15(2,3)26-14(25)16(7-4-5-8-16)13(24)21-9-6-11(10-12(22)23)17(18,19)20/h4-5,11H,6-10H2,1-3H3,(H,21,24)(H,22,23). The molecule has 1 atom stereocenters. The molecule has 26 heavy (non-hydrogen) atoms. The minimum absolute atomic E-state index is 0.103. The fraction of sp³-hybridized carbons (Fsp3) is 0.706. The van der Waals surface area contributed by atoms with Gasteiger partial charge in [0.1, 0.15) is 5.60 Å². The summed E-state index contributed by atoms with van der Waals surface area (Å²) in [6, 6.07) is 0. The van der Waals surface area contributed by atoms with Gasteiger partial charge in [-0.3, -0.25) is 14.4 Å².